The fraction of sp³-hybridized carbons (Fsp3) is 0.692. The minimum atomic E-state index is -0.224. The van der Waals surface area contributed by atoms with Gasteiger partial charge in [0.2, 0.25) is 0 Å². The van der Waals surface area contributed by atoms with Gasteiger partial charge in [-0.2, -0.15) is 5.10 Å². The zero-order valence-corrected chi connectivity index (χ0v) is 12.0. The molecule has 0 saturated carbocycles. The number of hydrogen-bond donors (Lipinski definition) is 0. The van der Waals surface area contributed by atoms with Crippen LogP contribution in [0.1, 0.15) is 33.1 Å². The molecule has 1 aliphatic rings. The molecule has 2 heterocycles. The van der Waals surface area contributed by atoms with Crippen molar-refractivity contribution in [1.82, 2.24) is 9.78 Å². The third-order valence-corrected chi connectivity index (χ3v) is 4.10. The second kappa shape index (κ2) is 4.92. The molecule has 2 rings (SSSR count). The van der Waals surface area contributed by atoms with Crippen LogP contribution in [-0.4, -0.2) is 22.9 Å². The molecule has 0 bridgehead atoms. The van der Waals surface area contributed by atoms with Gasteiger partial charge in [-0.25, -0.2) is 4.68 Å². The van der Waals surface area contributed by atoms with E-state index < -0.39 is 0 Å². The van der Waals surface area contributed by atoms with Crippen molar-refractivity contribution in [2.75, 3.05) is 18.0 Å². The Balaban J connectivity index is 2.27. The molecule has 1 aromatic rings. The van der Waals surface area contributed by atoms with Crippen molar-refractivity contribution in [1.29, 1.82) is 0 Å². The maximum atomic E-state index is 11.8. The number of aromatic nitrogens is 2. The SMILES string of the molecule is Cn1ncc(N2CCCC(C)(C)CC2)c(Cl)c1=O. The van der Waals surface area contributed by atoms with E-state index in [1.807, 2.05) is 0 Å². The van der Waals surface area contributed by atoms with E-state index in [0.29, 0.717) is 5.41 Å². The highest BCUT2D eigenvalue weighted by atomic mass is 35.5. The Morgan fingerprint density at radius 1 is 1.33 bits per heavy atom. The van der Waals surface area contributed by atoms with Gasteiger partial charge in [-0.3, -0.25) is 4.79 Å². The first-order valence-corrected chi connectivity index (χ1v) is 6.75. The van der Waals surface area contributed by atoms with Crippen molar-refractivity contribution < 1.29 is 0 Å². The highest BCUT2D eigenvalue weighted by Gasteiger charge is 2.24. The molecule has 1 aromatic heterocycles. The summed E-state index contributed by atoms with van der Waals surface area (Å²) in [5, 5.41) is 4.34. The molecule has 0 radical (unpaired) electrons. The standard InChI is InChI=1S/C13H20ClN3O/c1-13(2)5-4-7-17(8-6-13)10-9-15-16(3)12(18)11(10)14/h9H,4-8H2,1-3H3. The van der Waals surface area contributed by atoms with Crippen molar-refractivity contribution >= 4 is 17.3 Å². The Bertz CT molecular complexity index is 495. The summed E-state index contributed by atoms with van der Waals surface area (Å²) in [6.45, 7) is 6.46. The van der Waals surface area contributed by atoms with Gasteiger partial charge in [-0.1, -0.05) is 25.4 Å². The van der Waals surface area contributed by atoms with Gasteiger partial charge >= 0.3 is 0 Å². The summed E-state index contributed by atoms with van der Waals surface area (Å²) < 4.78 is 1.27. The third-order valence-electron chi connectivity index (χ3n) is 3.74. The first kappa shape index (κ1) is 13.4. The smallest absolute Gasteiger partial charge is 0.287 e. The van der Waals surface area contributed by atoms with E-state index in [9.17, 15) is 4.79 Å². The van der Waals surface area contributed by atoms with Crippen LogP contribution in [0, 0.1) is 5.41 Å². The average Bonchev–Trinajstić information content (AvgIpc) is 2.48. The van der Waals surface area contributed by atoms with Crippen molar-refractivity contribution in [2.24, 2.45) is 12.5 Å². The van der Waals surface area contributed by atoms with Gasteiger partial charge in [-0.05, 0) is 24.7 Å². The summed E-state index contributed by atoms with van der Waals surface area (Å²) in [6, 6.07) is 0. The van der Waals surface area contributed by atoms with Gasteiger partial charge in [0, 0.05) is 20.1 Å². The highest BCUT2D eigenvalue weighted by molar-refractivity contribution is 6.33. The fourth-order valence-corrected chi connectivity index (χ4v) is 2.68. The van der Waals surface area contributed by atoms with Crippen LogP contribution in [0.25, 0.3) is 0 Å². The lowest BCUT2D eigenvalue weighted by Gasteiger charge is -2.25. The predicted octanol–water partition coefficient (Wildman–Crippen LogP) is 2.45. The lowest BCUT2D eigenvalue weighted by molar-refractivity contribution is 0.325. The minimum Gasteiger partial charge on any atom is -0.369 e. The highest BCUT2D eigenvalue weighted by Crippen LogP contribution is 2.32. The van der Waals surface area contributed by atoms with Crippen LogP contribution < -0.4 is 10.5 Å². The Kier molecular flexibility index (Phi) is 3.66. The van der Waals surface area contributed by atoms with Gasteiger partial charge < -0.3 is 4.90 Å². The molecular formula is C13H20ClN3O. The van der Waals surface area contributed by atoms with Crippen molar-refractivity contribution in [2.45, 2.75) is 33.1 Å². The average molecular weight is 270 g/mol. The molecule has 0 unspecified atom stereocenters. The summed E-state index contributed by atoms with van der Waals surface area (Å²) in [4.78, 5) is 14.0. The first-order chi connectivity index (χ1) is 8.41. The quantitative estimate of drug-likeness (QED) is 0.786. The van der Waals surface area contributed by atoms with Gasteiger partial charge in [0.1, 0.15) is 5.02 Å². The number of anilines is 1. The molecule has 5 heteroatoms. The number of halogens is 1. The topological polar surface area (TPSA) is 38.1 Å². The van der Waals surface area contributed by atoms with Gasteiger partial charge in [0.05, 0.1) is 11.9 Å². The predicted molar refractivity (Wildman–Crippen MR) is 74.3 cm³/mol. The van der Waals surface area contributed by atoms with Crippen molar-refractivity contribution in [3.05, 3.63) is 21.6 Å². The van der Waals surface area contributed by atoms with Crippen LogP contribution in [0.2, 0.25) is 5.02 Å². The Morgan fingerprint density at radius 2 is 2.06 bits per heavy atom. The largest absolute Gasteiger partial charge is 0.369 e. The zero-order chi connectivity index (χ0) is 13.3. The molecule has 1 aliphatic heterocycles. The van der Waals surface area contributed by atoms with E-state index in [1.165, 1.54) is 11.1 Å². The van der Waals surface area contributed by atoms with E-state index in [-0.39, 0.29) is 10.6 Å². The maximum Gasteiger partial charge on any atom is 0.287 e. The number of nitrogens with zero attached hydrogens (tertiary/aromatic N) is 3. The summed E-state index contributed by atoms with van der Waals surface area (Å²) in [5.41, 5.74) is 0.920. The molecule has 0 atom stereocenters. The van der Waals surface area contributed by atoms with Crippen LogP contribution in [0.4, 0.5) is 5.69 Å². The Labute approximate surface area is 113 Å². The fourth-order valence-electron chi connectivity index (χ4n) is 2.39. The van der Waals surface area contributed by atoms with E-state index in [0.717, 1.165) is 31.6 Å². The molecule has 18 heavy (non-hydrogen) atoms. The molecule has 0 aliphatic carbocycles. The van der Waals surface area contributed by atoms with Gasteiger partial charge in [0.25, 0.3) is 5.56 Å². The molecule has 0 aromatic carbocycles. The molecule has 0 amide bonds. The molecule has 1 saturated heterocycles. The Morgan fingerprint density at radius 3 is 2.78 bits per heavy atom. The number of rotatable bonds is 1. The second-order valence-electron chi connectivity index (χ2n) is 5.78. The van der Waals surface area contributed by atoms with E-state index >= 15 is 0 Å². The lowest BCUT2D eigenvalue weighted by Crippen LogP contribution is -2.29. The van der Waals surface area contributed by atoms with Crippen molar-refractivity contribution in [3.8, 4) is 0 Å². The van der Waals surface area contributed by atoms with Gasteiger partial charge in [0.15, 0.2) is 0 Å². The second-order valence-corrected chi connectivity index (χ2v) is 6.16. The van der Waals surface area contributed by atoms with E-state index in [2.05, 4.69) is 23.8 Å². The van der Waals surface area contributed by atoms with Crippen molar-refractivity contribution in [3.63, 3.8) is 0 Å². The van der Waals surface area contributed by atoms with Crippen LogP contribution >= 0.6 is 11.6 Å². The molecule has 100 valence electrons. The van der Waals surface area contributed by atoms with E-state index in [4.69, 9.17) is 11.6 Å². The normalized spacial score (nSPS) is 19.7. The molecule has 0 N–H and O–H groups in total. The molecular weight excluding hydrogens is 250 g/mol. The molecule has 4 nitrogen and oxygen atoms in total. The van der Waals surface area contributed by atoms with Gasteiger partial charge in [-0.15, -0.1) is 0 Å². The van der Waals surface area contributed by atoms with Crippen LogP contribution in [0.5, 0.6) is 0 Å². The number of hydrogen-bond acceptors (Lipinski definition) is 3. The molecule has 1 fully saturated rings. The third kappa shape index (κ3) is 2.69. The summed E-state index contributed by atoms with van der Waals surface area (Å²) in [5.74, 6) is 0. The molecule has 0 spiro atoms. The summed E-state index contributed by atoms with van der Waals surface area (Å²) in [6.07, 6.45) is 5.14. The minimum absolute atomic E-state index is 0.224. The maximum absolute atomic E-state index is 11.8. The zero-order valence-electron chi connectivity index (χ0n) is 11.2. The lowest BCUT2D eigenvalue weighted by atomic mass is 9.85. The monoisotopic (exact) mass is 269 g/mol. The van der Waals surface area contributed by atoms with Crippen LogP contribution in [0.15, 0.2) is 11.0 Å². The van der Waals surface area contributed by atoms with Crippen LogP contribution in [0.3, 0.4) is 0 Å². The first-order valence-electron chi connectivity index (χ1n) is 6.37. The summed E-state index contributed by atoms with van der Waals surface area (Å²) >= 11 is 6.14. The number of aryl methyl sites for hydroxylation is 1. The van der Waals surface area contributed by atoms with Crippen LogP contribution in [-0.2, 0) is 7.05 Å². The van der Waals surface area contributed by atoms with E-state index in [1.54, 1.807) is 13.2 Å². The summed E-state index contributed by atoms with van der Waals surface area (Å²) in [7, 11) is 1.61. The Hall–Kier alpha value is -1.03.